The topological polar surface area (TPSA) is 103 Å². The number of hydrogen-bond acceptors (Lipinski definition) is 5. The van der Waals surface area contributed by atoms with Gasteiger partial charge in [-0.3, -0.25) is 14.3 Å². The molecule has 2 aromatic carbocycles. The zero-order valence-electron chi connectivity index (χ0n) is 18.1. The predicted octanol–water partition coefficient (Wildman–Crippen LogP) is 2.96. The Morgan fingerprint density at radius 2 is 1.67 bits per heavy atom. The van der Waals surface area contributed by atoms with E-state index in [0.29, 0.717) is 11.4 Å². The Hall–Kier alpha value is -4.40. The van der Waals surface area contributed by atoms with Crippen molar-refractivity contribution in [3.8, 4) is 11.4 Å². The Kier molecular flexibility index (Phi) is 6.79. The molecule has 0 fully saturated rings. The van der Waals surface area contributed by atoms with Crippen LogP contribution in [0, 0.1) is 0 Å². The summed E-state index contributed by atoms with van der Waals surface area (Å²) in [5, 5.41) is 14.1. The summed E-state index contributed by atoms with van der Waals surface area (Å²) in [6.45, 7) is 1.79. The van der Waals surface area contributed by atoms with Crippen LogP contribution < -0.4 is 15.4 Å². The van der Waals surface area contributed by atoms with Gasteiger partial charge in [0.05, 0.1) is 29.8 Å². The van der Waals surface area contributed by atoms with Crippen molar-refractivity contribution >= 4 is 17.5 Å². The number of benzene rings is 2. The number of carbonyl (C=O) groups excluding carboxylic acids is 2. The first kappa shape index (κ1) is 21.8. The van der Waals surface area contributed by atoms with Gasteiger partial charge < -0.3 is 15.4 Å². The monoisotopic (exact) mass is 444 g/mol. The van der Waals surface area contributed by atoms with Gasteiger partial charge in [-0.25, -0.2) is 4.68 Å². The third-order valence-corrected chi connectivity index (χ3v) is 4.84. The molecule has 0 spiro atoms. The summed E-state index contributed by atoms with van der Waals surface area (Å²) in [4.78, 5) is 24.5. The number of aromatic nitrogens is 4. The number of anilines is 1. The fourth-order valence-corrected chi connectivity index (χ4v) is 3.18. The van der Waals surface area contributed by atoms with Gasteiger partial charge in [0.15, 0.2) is 6.61 Å². The molecule has 2 aromatic heterocycles. The van der Waals surface area contributed by atoms with E-state index in [1.807, 2.05) is 61.7 Å². The first-order valence-electron chi connectivity index (χ1n) is 10.5. The fourth-order valence-electron chi connectivity index (χ4n) is 3.18. The molecule has 0 saturated carbocycles. The number of rotatable bonds is 9. The quantitative estimate of drug-likeness (QED) is 0.413. The highest BCUT2D eigenvalue weighted by molar-refractivity contribution is 5.91. The first-order valence-corrected chi connectivity index (χ1v) is 10.5. The maximum atomic E-state index is 12.5. The van der Waals surface area contributed by atoms with Crippen LogP contribution in [-0.4, -0.2) is 38.0 Å². The third-order valence-electron chi connectivity index (χ3n) is 4.84. The number of hydrogen-bond donors (Lipinski definition) is 2. The molecule has 33 heavy (non-hydrogen) atoms. The molecule has 4 aromatic rings. The largest absolute Gasteiger partial charge is 0.484 e. The highest BCUT2D eigenvalue weighted by Crippen LogP contribution is 2.14. The van der Waals surface area contributed by atoms with Crippen molar-refractivity contribution in [2.24, 2.45) is 0 Å². The highest BCUT2D eigenvalue weighted by atomic mass is 16.5. The zero-order chi connectivity index (χ0) is 23.0. The molecule has 2 heterocycles. The van der Waals surface area contributed by atoms with Crippen molar-refractivity contribution in [3.63, 3.8) is 0 Å². The fraction of sp³-hybridized carbons (Fsp3) is 0.167. The molecule has 0 aliphatic carbocycles. The molecular weight excluding hydrogens is 420 g/mol. The van der Waals surface area contributed by atoms with Gasteiger partial charge in [-0.1, -0.05) is 36.4 Å². The minimum atomic E-state index is -0.313. The molecule has 1 unspecified atom stereocenters. The maximum Gasteiger partial charge on any atom is 0.262 e. The number of para-hydroxylation sites is 2. The van der Waals surface area contributed by atoms with E-state index in [4.69, 9.17) is 4.74 Å². The van der Waals surface area contributed by atoms with E-state index in [2.05, 4.69) is 20.8 Å². The second-order valence-corrected chi connectivity index (χ2v) is 7.42. The van der Waals surface area contributed by atoms with Gasteiger partial charge in [-0.2, -0.15) is 10.2 Å². The van der Waals surface area contributed by atoms with Gasteiger partial charge in [0, 0.05) is 18.0 Å². The van der Waals surface area contributed by atoms with Crippen LogP contribution >= 0.6 is 0 Å². The maximum absolute atomic E-state index is 12.5. The molecule has 1 atom stereocenters. The van der Waals surface area contributed by atoms with E-state index in [-0.39, 0.29) is 31.0 Å². The van der Waals surface area contributed by atoms with Crippen LogP contribution in [0.5, 0.6) is 5.75 Å². The molecule has 0 aliphatic rings. The van der Waals surface area contributed by atoms with Crippen LogP contribution in [0.2, 0.25) is 0 Å². The molecule has 0 saturated heterocycles. The summed E-state index contributed by atoms with van der Waals surface area (Å²) in [6, 6.07) is 18.6. The molecule has 168 valence electrons. The summed E-state index contributed by atoms with van der Waals surface area (Å²) < 4.78 is 8.64. The summed E-state index contributed by atoms with van der Waals surface area (Å²) in [5.41, 5.74) is 2.32. The third kappa shape index (κ3) is 6.07. The summed E-state index contributed by atoms with van der Waals surface area (Å²) >= 11 is 0. The van der Waals surface area contributed by atoms with Crippen molar-refractivity contribution < 1.29 is 14.3 Å². The highest BCUT2D eigenvalue weighted by Gasteiger charge is 2.13. The molecule has 4 rings (SSSR count). The normalized spacial score (nSPS) is 11.5. The molecule has 9 heteroatoms. The second-order valence-electron chi connectivity index (χ2n) is 7.42. The van der Waals surface area contributed by atoms with Crippen LogP contribution in [0.1, 0.15) is 18.5 Å². The second kappa shape index (κ2) is 10.3. The van der Waals surface area contributed by atoms with E-state index in [0.717, 1.165) is 11.3 Å². The Morgan fingerprint density at radius 1 is 0.939 bits per heavy atom. The Morgan fingerprint density at radius 3 is 2.42 bits per heavy atom. The van der Waals surface area contributed by atoms with Crippen LogP contribution in [0.25, 0.3) is 5.69 Å². The SMILES string of the molecule is CC(NC(=O)Cn1cc(NC(=O)COc2ccccc2)cn1)c1cnn(-c2ccccc2)c1. The van der Waals surface area contributed by atoms with Crippen molar-refractivity contribution in [1.82, 2.24) is 24.9 Å². The average Bonchev–Trinajstić information content (AvgIpc) is 3.49. The lowest BCUT2D eigenvalue weighted by Gasteiger charge is -2.12. The lowest BCUT2D eigenvalue weighted by molar-refractivity contribution is -0.122. The number of nitrogens with one attached hydrogen (secondary N) is 2. The lowest BCUT2D eigenvalue weighted by Crippen LogP contribution is -2.30. The van der Waals surface area contributed by atoms with Gasteiger partial charge in [-0.05, 0) is 31.2 Å². The predicted molar refractivity (Wildman–Crippen MR) is 123 cm³/mol. The van der Waals surface area contributed by atoms with E-state index in [1.54, 1.807) is 29.2 Å². The zero-order valence-corrected chi connectivity index (χ0v) is 18.1. The molecule has 0 radical (unpaired) electrons. The van der Waals surface area contributed by atoms with Gasteiger partial charge in [-0.15, -0.1) is 0 Å². The van der Waals surface area contributed by atoms with E-state index < -0.39 is 0 Å². The van der Waals surface area contributed by atoms with Crippen molar-refractivity contribution in [1.29, 1.82) is 0 Å². The van der Waals surface area contributed by atoms with Gasteiger partial charge in [0.1, 0.15) is 12.3 Å². The van der Waals surface area contributed by atoms with E-state index in [1.165, 1.54) is 10.9 Å². The van der Waals surface area contributed by atoms with Crippen LogP contribution in [0.3, 0.4) is 0 Å². The Labute approximate surface area is 191 Å². The van der Waals surface area contributed by atoms with Crippen molar-refractivity contribution in [2.45, 2.75) is 19.5 Å². The van der Waals surface area contributed by atoms with Gasteiger partial charge in [0.2, 0.25) is 5.91 Å². The molecule has 2 N–H and O–H groups in total. The minimum absolute atomic E-state index is 0.0214. The summed E-state index contributed by atoms with van der Waals surface area (Å²) in [6.07, 6.45) is 6.70. The summed E-state index contributed by atoms with van der Waals surface area (Å²) in [7, 11) is 0. The molecule has 0 aliphatic heterocycles. The van der Waals surface area contributed by atoms with Crippen LogP contribution in [-0.2, 0) is 16.1 Å². The van der Waals surface area contributed by atoms with E-state index in [9.17, 15) is 9.59 Å². The number of ether oxygens (including phenoxy) is 1. The molecule has 9 nitrogen and oxygen atoms in total. The standard InChI is InChI=1S/C24H24N6O3/c1-18(19-12-26-30(14-19)21-8-4-2-5-9-21)27-23(31)16-29-15-20(13-25-29)28-24(32)17-33-22-10-6-3-7-11-22/h2-15,18H,16-17H2,1H3,(H,27,31)(H,28,32). The average molecular weight is 444 g/mol. The van der Waals surface area contributed by atoms with Crippen LogP contribution in [0.4, 0.5) is 5.69 Å². The minimum Gasteiger partial charge on any atom is -0.484 e. The van der Waals surface area contributed by atoms with E-state index >= 15 is 0 Å². The summed E-state index contributed by atoms with van der Waals surface area (Å²) in [5.74, 6) is 0.0960. The lowest BCUT2D eigenvalue weighted by atomic mass is 10.2. The van der Waals surface area contributed by atoms with Crippen molar-refractivity contribution in [2.75, 3.05) is 11.9 Å². The first-order chi connectivity index (χ1) is 16.1. The Balaban J connectivity index is 1.25. The number of amides is 2. The van der Waals surface area contributed by atoms with Crippen molar-refractivity contribution in [3.05, 3.63) is 91.0 Å². The molecule has 0 bridgehead atoms. The van der Waals surface area contributed by atoms with Crippen LogP contribution in [0.15, 0.2) is 85.5 Å². The number of carbonyl (C=O) groups is 2. The van der Waals surface area contributed by atoms with Gasteiger partial charge in [0.25, 0.3) is 5.91 Å². The number of nitrogens with zero attached hydrogens (tertiary/aromatic N) is 4. The smallest absolute Gasteiger partial charge is 0.262 e. The molecular formula is C24H24N6O3. The van der Waals surface area contributed by atoms with Gasteiger partial charge >= 0.3 is 0 Å². The molecule has 2 amide bonds. The Bertz CT molecular complexity index is 1200.